The molecule has 94 valence electrons. The summed E-state index contributed by atoms with van der Waals surface area (Å²) in [6, 6.07) is 0.820. The van der Waals surface area contributed by atoms with Crippen molar-refractivity contribution in [2.24, 2.45) is 5.92 Å². The van der Waals surface area contributed by atoms with E-state index in [0.29, 0.717) is 0 Å². The third-order valence-electron chi connectivity index (χ3n) is 4.20. The number of rotatable bonds is 3. The third kappa shape index (κ3) is 3.44. The van der Waals surface area contributed by atoms with Gasteiger partial charge in [0, 0.05) is 19.1 Å². The summed E-state index contributed by atoms with van der Waals surface area (Å²) >= 11 is 0. The number of hydrogen-bond donors (Lipinski definition) is 1. The van der Waals surface area contributed by atoms with E-state index >= 15 is 0 Å². The van der Waals surface area contributed by atoms with Crippen LogP contribution in [-0.4, -0.2) is 62.7 Å². The molecule has 2 aliphatic rings. The third-order valence-corrected chi connectivity index (χ3v) is 4.20. The number of nitrogens with one attached hydrogen (secondary N) is 1. The zero-order valence-electron chi connectivity index (χ0n) is 10.9. The largest absolute Gasteiger partial charge is 0.317 e. The Morgan fingerprint density at radius 3 is 2.88 bits per heavy atom. The summed E-state index contributed by atoms with van der Waals surface area (Å²) in [7, 11) is 4.57. The molecule has 2 heterocycles. The average molecular weight is 225 g/mol. The van der Waals surface area contributed by atoms with Gasteiger partial charge in [-0.3, -0.25) is 0 Å². The summed E-state index contributed by atoms with van der Waals surface area (Å²) in [5, 5.41) is 3.50. The second-order valence-electron chi connectivity index (χ2n) is 5.69. The standard InChI is InChI=1S/C13H27N3/c1-15-9-6-12(10-15)11-16(2)13-4-3-7-14-8-5-13/h12-14H,3-11H2,1-2H3. The van der Waals surface area contributed by atoms with Gasteiger partial charge in [0.2, 0.25) is 0 Å². The zero-order chi connectivity index (χ0) is 11.4. The predicted octanol–water partition coefficient (Wildman–Crippen LogP) is 1.01. The van der Waals surface area contributed by atoms with Gasteiger partial charge in [0.05, 0.1) is 0 Å². The minimum Gasteiger partial charge on any atom is -0.317 e. The minimum atomic E-state index is 0.820. The van der Waals surface area contributed by atoms with Gasteiger partial charge < -0.3 is 15.1 Å². The van der Waals surface area contributed by atoms with Gasteiger partial charge in [-0.05, 0) is 65.3 Å². The van der Waals surface area contributed by atoms with Gasteiger partial charge in [-0.15, -0.1) is 0 Å². The van der Waals surface area contributed by atoms with Crippen LogP contribution in [-0.2, 0) is 0 Å². The Morgan fingerprint density at radius 1 is 1.25 bits per heavy atom. The summed E-state index contributed by atoms with van der Waals surface area (Å²) in [5.41, 5.74) is 0. The van der Waals surface area contributed by atoms with Crippen LogP contribution in [0.4, 0.5) is 0 Å². The van der Waals surface area contributed by atoms with Crippen LogP contribution in [0.2, 0.25) is 0 Å². The van der Waals surface area contributed by atoms with Crippen LogP contribution in [0.15, 0.2) is 0 Å². The molecule has 0 aliphatic carbocycles. The van der Waals surface area contributed by atoms with Crippen molar-refractivity contribution < 1.29 is 0 Å². The maximum Gasteiger partial charge on any atom is 0.0105 e. The Morgan fingerprint density at radius 2 is 2.12 bits per heavy atom. The van der Waals surface area contributed by atoms with Crippen LogP contribution < -0.4 is 5.32 Å². The SMILES string of the molecule is CN1CCC(CN(C)C2CCCNCC2)C1. The molecule has 16 heavy (non-hydrogen) atoms. The molecular weight excluding hydrogens is 198 g/mol. The lowest BCUT2D eigenvalue weighted by atomic mass is 10.0. The molecule has 3 nitrogen and oxygen atoms in total. The van der Waals surface area contributed by atoms with Gasteiger partial charge in [-0.1, -0.05) is 0 Å². The van der Waals surface area contributed by atoms with E-state index in [4.69, 9.17) is 0 Å². The Hall–Kier alpha value is -0.120. The van der Waals surface area contributed by atoms with E-state index in [0.717, 1.165) is 12.0 Å². The fourth-order valence-corrected chi connectivity index (χ4v) is 3.17. The highest BCUT2D eigenvalue weighted by Gasteiger charge is 2.24. The van der Waals surface area contributed by atoms with E-state index in [1.807, 2.05) is 0 Å². The first-order valence-corrected chi connectivity index (χ1v) is 6.85. The molecule has 0 aromatic rings. The molecule has 2 aliphatic heterocycles. The predicted molar refractivity (Wildman–Crippen MR) is 68.7 cm³/mol. The summed E-state index contributed by atoms with van der Waals surface area (Å²) in [4.78, 5) is 5.09. The van der Waals surface area contributed by atoms with Crippen molar-refractivity contribution in [2.75, 3.05) is 46.8 Å². The average Bonchev–Trinajstić information content (AvgIpc) is 2.56. The first-order chi connectivity index (χ1) is 7.75. The monoisotopic (exact) mass is 225 g/mol. The Bertz CT molecular complexity index is 199. The van der Waals surface area contributed by atoms with Crippen LogP contribution in [0.25, 0.3) is 0 Å². The van der Waals surface area contributed by atoms with E-state index in [9.17, 15) is 0 Å². The van der Waals surface area contributed by atoms with Crippen molar-refractivity contribution >= 4 is 0 Å². The van der Waals surface area contributed by atoms with E-state index in [1.165, 1.54) is 58.4 Å². The fourth-order valence-electron chi connectivity index (χ4n) is 3.17. The number of likely N-dealkylation sites (tertiary alicyclic amines) is 1. The maximum atomic E-state index is 3.50. The summed E-state index contributed by atoms with van der Waals surface area (Å²) in [6.45, 7) is 6.32. The van der Waals surface area contributed by atoms with Gasteiger partial charge in [-0.2, -0.15) is 0 Å². The molecule has 2 rings (SSSR count). The lowest BCUT2D eigenvalue weighted by Crippen LogP contribution is -2.36. The van der Waals surface area contributed by atoms with E-state index in [-0.39, 0.29) is 0 Å². The zero-order valence-corrected chi connectivity index (χ0v) is 10.9. The lowest BCUT2D eigenvalue weighted by Gasteiger charge is -2.29. The molecule has 1 N–H and O–H groups in total. The van der Waals surface area contributed by atoms with Crippen LogP contribution >= 0.6 is 0 Å². The molecule has 0 amide bonds. The van der Waals surface area contributed by atoms with E-state index in [2.05, 4.69) is 29.2 Å². The van der Waals surface area contributed by atoms with Gasteiger partial charge in [0.15, 0.2) is 0 Å². The van der Waals surface area contributed by atoms with Crippen molar-refractivity contribution in [3.05, 3.63) is 0 Å². The maximum absolute atomic E-state index is 3.50. The Balaban J connectivity index is 1.75. The van der Waals surface area contributed by atoms with Crippen LogP contribution in [0, 0.1) is 5.92 Å². The summed E-state index contributed by atoms with van der Waals surface area (Å²) in [5.74, 6) is 0.909. The normalized spacial score (nSPS) is 33.2. The highest BCUT2D eigenvalue weighted by molar-refractivity contribution is 4.80. The molecule has 0 aromatic carbocycles. The molecule has 2 atom stereocenters. The quantitative estimate of drug-likeness (QED) is 0.773. The van der Waals surface area contributed by atoms with Gasteiger partial charge in [-0.25, -0.2) is 0 Å². The summed E-state index contributed by atoms with van der Waals surface area (Å²) < 4.78 is 0. The Labute approximate surface area is 100 Å². The Kier molecular flexibility index (Phi) is 4.62. The minimum absolute atomic E-state index is 0.820. The van der Waals surface area contributed by atoms with Gasteiger partial charge in [0.25, 0.3) is 0 Å². The highest BCUT2D eigenvalue weighted by atomic mass is 15.2. The van der Waals surface area contributed by atoms with E-state index < -0.39 is 0 Å². The second-order valence-corrected chi connectivity index (χ2v) is 5.69. The van der Waals surface area contributed by atoms with Crippen molar-refractivity contribution in [1.29, 1.82) is 0 Å². The first-order valence-electron chi connectivity index (χ1n) is 6.85. The molecule has 0 radical (unpaired) electrons. The fraction of sp³-hybridized carbons (Fsp3) is 1.00. The van der Waals surface area contributed by atoms with Crippen molar-refractivity contribution in [3.8, 4) is 0 Å². The lowest BCUT2D eigenvalue weighted by molar-refractivity contribution is 0.192. The topological polar surface area (TPSA) is 18.5 Å². The molecule has 0 spiro atoms. The summed E-state index contributed by atoms with van der Waals surface area (Å²) in [6.07, 6.45) is 5.45. The molecule has 3 heteroatoms. The highest BCUT2D eigenvalue weighted by Crippen LogP contribution is 2.19. The molecule has 0 saturated carbocycles. The molecule has 2 fully saturated rings. The second kappa shape index (κ2) is 5.99. The van der Waals surface area contributed by atoms with E-state index in [1.54, 1.807) is 0 Å². The van der Waals surface area contributed by atoms with Crippen molar-refractivity contribution in [2.45, 2.75) is 31.7 Å². The van der Waals surface area contributed by atoms with Crippen molar-refractivity contribution in [1.82, 2.24) is 15.1 Å². The van der Waals surface area contributed by atoms with Crippen LogP contribution in [0.1, 0.15) is 25.7 Å². The molecule has 2 unspecified atom stereocenters. The molecule has 0 bridgehead atoms. The smallest absolute Gasteiger partial charge is 0.0105 e. The van der Waals surface area contributed by atoms with Gasteiger partial charge >= 0.3 is 0 Å². The molecule has 0 aromatic heterocycles. The van der Waals surface area contributed by atoms with Crippen LogP contribution in [0.3, 0.4) is 0 Å². The number of nitrogens with zero attached hydrogens (tertiary/aromatic N) is 2. The molecule has 2 saturated heterocycles. The van der Waals surface area contributed by atoms with Crippen molar-refractivity contribution in [3.63, 3.8) is 0 Å². The molecular formula is C13H27N3. The van der Waals surface area contributed by atoms with Gasteiger partial charge in [0.1, 0.15) is 0 Å². The number of hydrogen-bond acceptors (Lipinski definition) is 3. The first kappa shape index (κ1) is 12.3. The van der Waals surface area contributed by atoms with Crippen LogP contribution in [0.5, 0.6) is 0 Å².